The number of rotatable bonds is 8. The van der Waals surface area contributed by atoms with Crippen molar-refractivity contribution in [2.75, 3.05) is 45.8 Å². The molecule has 0 aromatic heterocycles. The SMILES string of the molecule is CCCCN(CCN1CCNC1=O)CC1CCCN1. The molecule has 0 aromatic rings. The zero-order chi connectivity index (χ0) is 13.5. The Balaban J connectivity index is 1.73. The summed E-state index contributed by atoms with van der Waals surface area (Å²) < 4.78 is 0. The van der Waals surface area contributed by atoms with Gasteiger partial charge in [0, 0.05) is 38.8 Å². The molecule has 2 aliphatic rings. The van der Waals surface area contributed by atoms with Crippen molar-refractivity contribution in [3.8, 4) is 0 Å². The Morgan fingerprint density at radius 1 is 1.37 bits per heavy atom. The van der Waals surface area contributed by atoms with Gasteiger partial charge in [0.15, 0.2) is 0 Å². The summed E-state index contributed by atoms with van der Waals surface area (Å²) in [5, 5.41) is 6.43. The number of carbonyl (C=O) groups is 1. The number of hydrogen-bond acceptors (Lipinski definition) is 3. The van der Waals surface area contributed by atoms with Crippen LogP contribution in [0.2, 0.25) is 0 Å². The van der Waals surface area contributed by atoms with E-state index in [9.17, 15) is 4.79 Å². The van der Waals surface area contributed by atoms with Crippen LogP contribution in [0.3, 0.4) is 0 Å². The van der Waals surface area contributed by atoms with Crippen molar-refractivity contribution in [1.29, 1.82) is 0 Å². The number of unbranched alkanes of at least 4 members (excludes halogenated alkanes) is 1. The molecule has 2 heterocycles. The summed E-state index contributed by atoms with van der Waals surface area (Å²) in [5.41, 5.74) is 0. The molecule has 0 aromatic carbocycles. The standard InChI is InChI=1S/C14H28N4O/c1-2-3-8-17(12-13-5-4-6-15-13)10-11-18-9-7-16-14(18)19/h13,15H,2-12H2,1H3,(H,16,19). The van der Waals surface area contributed by atoms with Gasteiger partial charge in [0.25, 0.3) is 0 Å². The monoisotopic (exact) mass is 268 g/mol. The fourth-order valence-electron chi connectivity index (χ4n) is 2.89. The molecule has 0 saturated carbocycles. The molecule has 2 rings (SSSR count). The summed E-state index contributed by atoms with van der Waals surface area (Å²) >= 11 is 0. The van der Waals surface area contributed by atoms with Gasteiger partial charge in [-0.05, 0) is 32.4 Å². The van der Waals surface area contributed by atoms with E-state index in [1.54, 1.807) is 0 Å². The minimum atomic E-state index is 0.106. The van der Waals surface area contributed by atoms with Gasteiger partial charge in [0.05, 0.1) is 0 Å². The van der Waals surface area contributed by atoms with Crippen LogP contribution in [0.25, 0.3) is 0 Å². The van der Waals surface area contributed by atoms with E-state index in [2.05, 4.69) is 22.5 Å². The lowest BCUT2D eigenvalue weighted by Gasteiger charge is -2.27. The van der Waals surface area contributed by atoms with E-state index in [0.29, 0.717) is 6.04 Å². The molecule has 5 nitrogen and oxygen atoms in total. The molecule has 1 atom stereocenters. The quantitative estimate of drug-likeness (QED) is 0.686. The summed E-state index contributed by atoms with van der Waals surface area (Å²) in [6, 6.07) is 0.763. The van der Waals surface area contributed by atoms with Crippen LogP contribution >= 0.6 is 0 Å². The van der Waals surface area contributed by atoms with Crippen molar-refractivity contribution in [3.05, 3.63) is 0 Å². The maximum Gasteiger partial charge on any atom is 0.317 e. The van der Waals surface area contributed by atoms with Crippen LogP contribution in [-0.4, -0.2) is 67.7 Å². The number of hydrogen-bond donors (Lipinski definition) is 2. The average Bonchev–Trinajstić information content (AvgIpc) is 3.04. The summed E-state index contributed by atoms with van der Waals surface area (Å²) in [4.78, 5) is 16.0. The molecule has 110 valence electrons. The Morgan fingerprint density at radius 2 is 2.26 bits per heavy atom. The third-order valence-electron chi connectivity index (χ3n) is 4.10. The third kappa shape index (κ3) is 4.66. The lowest BCUT2D eigenvalue weighted by atomic mass is 10.2. The number of urea groups is 1. The molecule has 2 fully saturated rings. The molecule has 5 heteroatoms. The van der Waals surface area contributed by atoms with Crippen molar-refractivity contribution >= 4 is 6.03 Å². The zero-order valence-electron chi connectivity index (χ0n) is 12.2. The predicted molar refractivity (Wildman–Crippen MR) is 77.3 cm³/mol. The Kier molecular flexibility index (Phi) is 5.92. The smallest absolute Gasteiger partial charge is 0.317 e. The molecule has 19 heavy (non-hydrogen) atoms. The highest BCUT2D eigenvalue weighted by Gasteiger charge is 2.21. The fraction of sp³-hybridized carbons (Fsp3) is 0.929. The van der Waals surface area contributed by atoms with Crippen LogP contribution in [0.5, 0.6) is 0 Å². The van der Waals surface area contributed by atoms with Gasteiger partial charge in [-0.1, -0.05) is 13.3 Å². The molecule has 0 bridgehead atoms. The van der Waals surface area contributed by atoms with E-state index in [-0.39, 0.29) is 6.03 Å². The Morgan fingerprint density at radius 3 is 2.89 bits per heavy atom. The topological polar surface area (TPSA) is 47.6 Å². The van der Waals surface area contributed by atoms with Gasteiger partial charge in [-0.3, -0.25) is 0 Å². The predicted octanol–water partition coefficient (Wildman–Crippen LogP) is 0.866. The highest BCUT2D eigenvalue weighted by atomic mass is 16.2. The minimum absolute atomic E-state index is 0.106. The first kappa shape index (κ1) is 14.6. The zero-order valence-corrected chi connectivity index (χ0v) is 12.2. The van der Waals surface area contributed by atoms with Crippen LogP contribution in [-0.2, 0) is 0 Å². The van der Waals surface area contributed by atoms with E-state index in [1.807, 2.05) is 4.90 Å². The van der Waals surface area contributed by atoms with E-state index < -0.39 is 0 Å². The summed E-state index contributed by atoms with van der Waals surface area (Å²) in [5.74, 6) is 0. The molecule has 0 spiro atoms. The van der Waals surface area contributed by atoms with E-state index >= 15 is 0 Å². The Labute approximate surface area is 116 Å². The summed E-state index contributed by atoms with van der Waals surface area (Å²) in [6.07, 6.45) is 5.09. The first-order valence-corrected chi connectivity index (χ1v) is 7.78. The second-order valence-corrected chi connectivity index (χ2v) is 5.67. The molecule has 2 aliphatic heterocycles. The van der Waals surface area contributed by atoms with Gasteiger partial charge in [-0.25, -0.2) is 4.79 Å². The summed E-state index contributed by atoms with van der Waals surface area (Å²) in [6.45, 7) is 9.23. The van der Waals surface area contributed by atoms with Crippen molar-refractivity contribution in [1.82, 2.24) is 20.4 Å². The number of nitrogens with zero attached hydrogens (tertiary/aromatic N) is 2. The van der Waals surface area contributed by atoms with Gasteiger partial charge in [0.2, 0.25) is 0 Å². The lowest BCUT2D eigenvalue weighted by molar-refractivity contribution is 0.194. The van der Waals surface area contributed by atoms with Gasteiger partial charge in [-0.2, -0.15) is 0 Å². The minimum Gasteiger partial charge on any atom is -0.336 e. The van der Waals surface area contributed by atoms with Crippen molar-refractivity contribution in [3.63, 3.8) is 0 Å². The van der Waals surface area contributed by atoms with Crippen LogP contribution in [0.1, 0.15) is 32.6 Å². The van der Waals surface area contributed by atoms with Crippen molar-refractivity contribution < 1.29 is 4.79 Å². The van der Waals surface area contributed by atoms with E-state index in [4.69, 9.17) is 0 Å². The molecule has 2 saturated heterocycles. The second-order valence-electron chi connectivity index (χ2n) is 5.67. The lowest BCUT2D eigenvalue weighted by Crippen LogP contribution is -2.42. The summed E-state index contributed by atoms with van der Waals surface area (Å²) in [7, 11) is 0. The van der Waals surface area contributed by atoms with Gasteiger partial charge < -0.3 is 20.4 Å². The highest BCUT2D eigenvalue weighted by molar-refractivity contribution is 5.76. The first-order valence-electron chi connectivity index (χ1n) is 7.78. The second kappa shape index (κ2) is 7.70. The van der Waals surface area contributed by atoms with Crippen LogP contribution in [0.4, 0.5) is 4.79 Å². The van der Waals surface area contributed by atoms with E-state index in [1.165, 1.54) is 32.2 Å². The third-order valence-corrected chi connectivity index (χ3v) is 4.10. The van der Waals surface area contributed by atoms with Gasteiger partial charge in [-0.15, -0.1) is 0 Å². The molecule has 2 N–H and O–H groups in total. The Hall–Kier alpha value is -0.810. The fourth-order valence-corrected chi connectivity index (χ4v) is 2.89. The molecule has 2 amide bonds. The van der Waals surface area contributed by atoms with Gasteiger partial charge in [0.1, 0.15) is 0 Å². The average molecular weight is 268 g/mol. The Bertz CT molecular complexity index is 279. The number of carbonyl (C=O) groups excluding carboxylic acids is 1. The molecule has 0 aliphatic carbocycles. The van der Waals surface area contributed by atoms with Crippen molar-refractivity contribution in [2.45, 2.75) is 38.6 Å². The van der Waals surface area contributed by atoms with E-state index in [0.717, 1.165) is 39.3 Å². The molecule has 1 unspecified atom stereocenters. The van der Waals surface area contributed by atoms with Crippen LogP contribution in [0.15, 0.2) is 0 Å². The van der Waals surface area contributed by atoms with Crippen LogP contribution < -0.4 is 10.6 Å². The van der Waals surface area contributed by atoms with Crippen molar-refractivity contribution in [2.24, 2.45) is 0 Å². The van der Waals surface area contributed by atoms with Crippen LogP contribution in [0, 0.1) is 0 Å². The molecular weight excluding hydrogens is 240 g/mol. The van der Waals surface area contributed by atoms with Gasteiger partial charge >= 0.3 is 6.03 Å². The first-order chi connectivity index (χ1) is 9.29. The maximum absolute atomic E-state index is 11.5. The maximum atomic E-state index is 11.5. The number of amides is 2. The molecule has 0 radical (unpaired) electrons. The normalized spacial score (nSPS) is 23.4. The largest absolute Gasteiger partial charge is 0.336 e. The highest BCUT2D eigenvalue weighted by Crippen LogP contribution is 2.08. The molecular formula is C14H28N4O. The number of nitrogens with one attached hydrogen (secondary N) is 2.